The Kier molecular flexibility index (Phi) is 5.67. The van der Waals surface area contributed by atoms with Crippen LogP contribution in [0.1, 0.15) is 15.4 Å². The largest absolute Gasteiger partial charge is 0.353 e. The standard InChI is InChI=1S/C23H20FN5OS2/c1-15-21(32-22(27-15)19-3-2-12-31-19)23(30)29-10-8-28(9-11-29)20-13-18(25-14-26-20)16-4-6-17(24)7-5-16/h2-7,12-14H,8-11H2,1H3. The van der Waals surface area contributed by atoms with Crippen LogP contribution in [0.5, 0.6) is 0 Å². The fourth-order valence-electron chi connectivity index (χ4n) is 3.68. The molecule has 0 aliphatic carbocycles. The van der Waals surface area contributed by atoms with Crippen LogP contribution in [0.4, 0.5) is 10.2 Å². The van der Waals surface area contributed by atoms with Crippen LogP contribution in [0.3, 0.4) is 0 Å². The van der Waals surface area contributed by atoms with E-state index in [1.807, 2.05) is 35.4 Å². The number of aryl methyl sites for hydroxylation is 1. The summed E-state index contributed by atoms with van der Waals surface area (Å²) in [4.78, 5) is 32.3. The van der Waals surface area contributed by atoms with Crippen molar-refractivity contribution in [2.45, 2.75) is 6.92 Å². The monoisotopic (exact) mass is 465 g/mol. The average Bonchev–Trinajstić information content (AvgIpc) is 3.49. The Morgan fingerprint density at radius 3 is 2.56 bits per heavy atom. The first-order chi connectivity index (χ1) is 15.6. The Labute approximate surface area is 193 Å². The van der Waals surface area contributed by atoms with Gasteiger partial charge in [-0.2, -0.15) is 0 Å². The van der Waals surface area contributed by atoms with Crippen molar-refractivity contribution < 1.29 is 9.18 Å². The Balaban J connectivity index is 1.27. The van der Waals surface area contributed by atoms with Gasteiger partial charge in [-0.1, -0.05) is 6.07 Å². The van der Waals surface area contributed by atoms with Crippen LogP contribution < -0.4 is 4.90 Å². The molecule has 0 bridgehead atoms. The first-order valence-electron chi connectivity index (χ1n) is 10.2. The van der Waals surface area contributed by atoms with Gasteiger partial charge in [-0.15, -0.1) is 22.7 Å². The number of hydrogen-bond acceptors (Lipinski definition) is 7. The summed E-state index contributed by atoms with van der Waals surface area (Å²) in [5.41, 5.74) is 2.37. The topological polar surface area (TPSA) is 62.2 Å². The summed E-state index contributed by atoms with van der Waals surface area (Å²) < 4.78 is 13.2. The van der Waals surface area contributed by atoms with E-state index in [0.717, 1.165) is 32.7 Å². The van der Waals surface area contributed by atoms with E-state index in [2.05, 4.69) is 19.9 Å². The third kappa shape index (κ3) is 4.13. The fraction of sp³-hybridized carbons (Fsp3) is 0.217. The number of amides is 1. The normalized spacial score (nSPS) is 14.1. The molecule has 6 nitrogen and oxygen atoms in total. The van der Waals surface area contributed by atoms with Gasteiger partial charge in [0.1, 0.15) is 27.8 Å². The molecule has 3 aromatic heterocycles. The van der Waals surface area contributed by atoms with Gasteiger partial charge in [-0.25, -0.2) is 19.3 Å². The molecule has 0 unspecified atom stereocenters. The van der Waals surface area contributed by atoms with Gasteiger partial charge in [-0.3, -0.25) is 4.79 Å². The summed E-state index contributed by atoms with van der Waals surface area (Å²) in [6.07, 6.45) is 1.53. The lowest BCUT2D eigenvalue weighted by Gasteiger charge is -2.35. The maximum absolute atomic E-state index is 13.2. The highest BCUT2D eigenvalue weighted by Crippen LogP contribution is 2.32. The molecule has 5 rings (SSSR count). The van der Waals surface area contributed by atoms with Crippen LogP contribution in [0.25, 0.3) is 21.1 Å². The quantitative estimate of drug-likeness (QED) is 0.436. The molecular formula is C23H20FN5OS2. The summed E-state index contributed by atoms with van der Waals surface area (Å²) in [6.45, 7) is 4.48. The van der Waals surface area contributed by atoms with Gasteiger partial charge < -0.3 is 9.80 Å². The Bertz CT molecular complexity index is 1230. The van der Waals surface area contributed by atoms with Gasteiger partial charge in [0.15, 0.2) is 0 Å². The van der Waals surface area contributed by atoms with E-state index in [-0.39, 0.29) is 11.7 Å². The molecule has 32 heavy (non-hydrogen) atoms. The molecule has 1 aliphatic heterocycles. The number of carbonyl (C=O) groups excluding carboxylic acids is 1. The molecule has 162 valence electrons. The Hall–Kier alpha value is -3.17. The van der Waals surface area contributed by atoms with Crippen LogP contribution in [0, 0.1) is 12.7 Å². The molecule has 0 saturated carbocycles. The van der Waals surface area contributed by atoms with Crippen LogP contribution in [0.2, 0.25) is 0 Å². The number of anilines is 1. The minimum Gasteiger partial charge on any atom is -0.353 e. The van der Waals surface area contributed by atoms with Gasteiger partial charge in [-0.05, 0) is 42.6 Å². The molecule has 0 spiro atoms. The Morgan fingerprint density at radius 1 is 1.06 bits per heavy atom. The minimum atomic E-state index is -0.275. The van der Waals surface area contributed by atoms with E-state index in [0.29, 0.717) is 31.1 Å². The second-order valence-corrected chi connectivity index (χ2v) is 9.41. The van der Waals surface area contributed by atoms with Gasteiger partial charge in [0.2, 0.25) is 0 Å². The maximum Gasteiger partial charge on any atom is 0.265 e. The molecule has 1 aliphatic rings. The molecule has 0 atom stereocenters. The number of thiazole rings is 1. The summed E-state index contributed by atoms with van der Waals surface area (Å²) in [5.74, 6) is 0.569. The van der Waals surface area contributed by atoms with Crippen molar-refractivity contribution in [2.24, 2.45) is 0 Å². The zero-order valence-electron chi connectivity index (χ0n) is 17.4. The molecule has 1 amide bonds. The number of nitrogens with zero attached hydrogens (tertiary/aromatic N) is 5. The third-order valence-electron chi connectivity index (χ3n) is 5.41. The van der Waals surface area contributed by atoms with Gasteiger partial charge in [0.05, 0.1) is 16.3 Å². The van der Waals surface area contributed by atoms with Crippen molar-refractivity contribution in [3.05, 3.63) is 70.6 Å². The van der Waals surface area contributed by atoms with E-state index >= 15 is 0 Å². The number of aromatic nitrogens is 3. The molecule has 1 saturated heterocycles. The van der Waals surface area contributed by atoms with E-state index in [1.54, 1.807) is 23.5 Å². The van der Waals surface area contributed by atoms with Crippen LogP contribution in [0.15, 0.2) is 54.2 Å². The highest BCUT2D eigenvalue weighted by atomic mass is 32.1. The fourth-order valence-corrected chi connectivity index (χ4v) is 5.51. The number of benzene rings is 1. The molecule has 1 fully saturated rings. The minimum absolute atomic E-state index is 0.0390. The summed E-state index contributed by atoms with van der Waals surface area (Å²) in [5, 5.41) is 2.91. The maximum atomic E-state index is 13.2. The van der Waals surface area contributed by atoms with Crippen molar-refractivity contribution in [1.82, 2.24) is 19.9 Å². The smallest absolute Gasteiger partial charge is 0.265 e. The van der Waals surface area contributed by atoms with E-state index in [4.69, 9.17) is 0 Å². The third-order valence-corrected chi connectivity index (χ3v) is 7.59. The predicted octanol–water partition coefficient (Wildman–Crippen LogP) is 4.74. The van der Waals surface area contributed by atoms with Crippen molar-refractivity contribution in [3.63, 3.8) is 0 Å². The number of rotatable bonds is 4. The van der Waals surface area contributed by atoms with Crippen LogP contribution in [-0.2, 0) is 0 Å². The average molecular weight is 466 g/mol. The highest BCUT2D eigenvalue weighted by Gasteiger charge is 2.26. The lowest BCUT2D eigenvalue weighted by molar-refractivity contribution is 0.0750. The lowest BCUT2D eigenvalue weighted by Crippen LogP contribution is -2.49. The zero-order chi connectivity index (χ0) is 22.1. The van der Waals surface area contributed by atoms with Gasteiger partial charge in [0.25, 0.3) is 5.91 Å². The number of hydrogen-bond donors (Lipinski definition) is 0. The number of halogens is 1. The molecule has 4 heterocycles. The summed E-state index contributed by atoms with van der Waals surface area (Å²) >= 11 is 3.09. The Morgan fingerprint density at radius 2 is 1.84 bits per heavy atom. The molecule has 0 N–H and O–H groups in total. The van der Waals surface area contributed by atoms with Gasteiger partial charge in [0, 0.05) is 37.8 Å². The second-order valence-electron chi connectivity index (χ2n) is 7.46. The van der Waals surface area contributed by atoms with Crippen molar-refractivity contribution in [2.75, 3.05) is 31.1 Å². The van der Waals surface area contributed by atoms with Crippen molar-refractivity contribution >= 4 is 34.4 Å². The predicted molar refractivity (Wildman–Crippen MR) is 126 cm³/mol. The van der Waals surface area contributed by atoms with E-state index in [9.17, 15) is 9.18 Å². The number of carbonyl (C=O) groups is 1. The first-order valence-corrected chi connectivity index (χ1v) is 11.9. The van der Waals surface area contributed by atoms with E-state index in [1.165, 1.54) is 29.8 Å². The lowest BCUT2D eigenvalue weighted by atomic mass is 10.1. The molecular weight excluding hydrogens is 445 g/mol. The number of thiophene rings is 1. The molecule has 9 heteroatoms. The second kappa shape index (κ2) is 8.76. The molecule has 1 aromatic carbocycles. The van der Waals surface area contributed by atoms with Crippen LogP contribution >= 0.6 is 22.7 Å². The first kappa shape index (κ1) is 20.7. The summed E-state index contributed by atoms with van der Waals surface area (Å²) in [7, 11) is 0. The van der Waals surface area contributed by atoms with E-state index < -0.39 is 0 Å². The zero-order valence-corrected chi connectivity index (χ0v) is 19.0. The molecule has 4 aromatic rings. The van der Waals surface area contributed by atoms with Crippen molar-refractivity contribution in [1.29, 1.82) is 0 Å². The highest BCUT2D eigenvalue weighted by molar-refractivity contribution is 7.22. The summed E-state index contributed by atoms with van der Waals surface area (Å²) in [6, 6.07) is 12.2. The number of piperazine rings is 1. The van der Waals surface area contributed by atoms with Gasteiger partial charge >= 0.3 is 0 Å². The SMILES string of the molecule is Cc1nc(-c2cccs2)sc1C(=O)N1CCN(c2cc(-c3ccc(F)cc3)ncn2)CC1. The molecule has 0 radical (unpaired) electrons. The van der Waals surface area contributed by atoms with Crippen molar-refractivity contribution in [3.8, 4) is 21.1 Å². The van der Waals surface area contributed by atoms with Crippen LogP contribution in [-0.4, -0.2) is 51.9 Å².